The monoisotopic (exact) mass is 326 g/mol. The first-order valence-corrected chi connectivity index (χ1v) is 8.22. The van der Waals surface area contributed by atoms with Crippen molar-refractivity contribution in [3.63, 3.8) is 0 Å². The van der Waals surface area contributed by atoms with Crippen LogP contribution in [0.4, 0.5) is 5.69 Å². The highest BCUT2D eigenvalue weighted by atomic mass is 16.5. The number of nitrogens with two attached hydrogens (primary N) is 1. The molecule has 2 aromatic rings. The smallest absolute Gasteiger partial charge is 0.255 e. The average molecular weight is 326 g/mol. The Morgan fingerprint density at radius 3 is 2.25 bits per heavy atom. The van der Waals surface area contributed by atoms with Crippen LogP contribution in [0.15, 0.2) is 48.5 Å². The first-order chi connectivity index (χ1) is 11.7. The molecule has 0 radical (unpaired) electrons. The largest absolute Gasteiger partial charge is 0.493 e. The Bertz CT molecular complexity index is 664. The van der Waals surface area contributed by atoms with Gasteiger partial charge in [-0.3, -0.25) is 4.79 Å². The Kier molecular flexibility index (Phi) is 5.33. The molecule has 0 aliphatic heterocycles. The molecule has 3 N–H and O–H groups in total. The first kappa shape index (κ1) is 16.3. The van der Waals surface area contributed by atoms with E-state index < -0.39 is 0 Å². The SMILES string of the molecule is NCCOc1ccc(NC(=O)c2ccc(OCC3CC3)cc2)cc1. The molecule has 3 rings (SSSR count). The molecule has 1 aliphatic carbocycles. The van der Waals surface area contributed by atoms with Crippen LogP contribution in [0.5, 0.6) is 11.5 Å². The molecule has 0 atom stereocenters. The molecule has 1 amide bonds. The van der Waals surface area contributed by atoms with E-state index in [0.29, 0.717) is 30.3 Å². The maximum atomic E-state index is 12.3. The van der Waals surface area contributed by atoms with Crippen LogP contribution in [-0.4, -0.2) is 25.7 Å². The van der Waals surface area contributed by atoms with Gasteiger partial charge < -0.3 is 20.5 Å². The van der Waals surface area contributed by atoms with Crippen molar-refractivity contribution in [3.8, 4) is 11.5 Å². The van der Waals surface area contributed by atoms with Gasteiger partial charge in [-0.25, -0.2) is 0 Å². The molecule has 5 nitrogen and oxygen atoms in total. The second kappa shape index (κ2) is 7.84. The van der Waals surface area contributed by atoms with Gasteiger partial charge in [0.05, 0.1) is 6.61 Å². The standard InChI is InChI=1S/C19H22N2O3/c20-11-12-23-17-9-5-16(6-10-17)21-19(22)15-3-7-18(8-4-15)24-13-14-1-2-14/h3-10,14H,1-2,11-13,20H2,(H,21,22). The average Bonchev–Trinajstić information content (AvgIpc) is 3.44. The molecule has 2 aromatic carbocycles. The van der Waals surface area contributed by atoms with E-state index in [4.69, 9.17) is 15.2 Å². The number of amides is 1. The molecule has 0 spiro atoms. The number of hydrogen-bond donors (Lipinski definition) is 2. The molecule has 126 valence electrons. The first-order valence-electron chi connectivity index (χ1n) is 8.22. The highest BCUT2D eigenvalue weighted by molar-refractivity contribution is 6.04. The molecule has 5 heteroatoms. The zero-order valence-corrected chi connectivity index (χ0v) is 13.5. The summed E-state index contributed by atoms with van der Waals surface area (Å²) in [6, 6.07) is 14.4. The van der Waals surface area contributed by atoms with Gasteiger partial charge in [-0.2, -0.15) is 0 Å². The molecular formula is C19H22N2O3. The second-order valence-corrected chi connectivity index (χ2v) is 5.89. The number of nitrogens with one attached hydrogen (secondary N) is 1. The van der Waals surface area contributed by atoms with Gasteiger partial charge in [-0.05, 0) is 67.3 Å². The van der Waals surface area contributed by atoms with Gasteiger partial charge in [0.1, 0.15) is 18.1 Å². The highest BCUT2D eigenvalue weighted by Gasteiger charge is 2.21. The molecule has 24 heavy (non-hydrogen) atoms. The Balaban J connectivity index is 1.53. The van der Waals surface area contributed by atoms with Crippen LogP contribution < -0.4 is 20.5 Å². The van der Waals surface area contributed by atoms with Crippen molar-refractivity contribution >= 4 is 11.6 Å². The summed E-state index contributed by atoms with van der Waals surface area (Å²) in [5.74, 6) is 2.10. The number of anilines is 1. The van der Waals surface area contributed by atoms with Crippen molar-refractivity contribution in [2.75, 3.05) is 25.1 Å². The molecule has 1 saturated carbocycles. The lowest BCUT2D eigenvalue weighted by atomic mass is 10.2. The van der Waals surface area contributed by atoms with Crippen molar-refractivity contribution < 1.29 is 14.3 Å². The number of hydrogen-bond acceptors (Lipinski definition) is 4. The lowest BCUT2D eigenvalue weighted by Crippen LogP contribution is -2.12. The van der Waals surface area contributed by atoms with Crippen LogP contribution >= 0.6 is 0 Å². The molecule has 0 saturated heterocycles. The van der Waals surface area contributed by atoms with E-state index in [9.17, 15) is 4.79 Å². The number of carbonyl (C=O) groups excluding carboxylic acids is 1. The van der Waals surface area contributed by atoms with E-state index in [0.717, 1.165) is 18.1 Å². The number of carbonyl (C=O) groups is 1. The zero-order chi connectivity index (χ0) is 16.8. The third-order valence-corrected chi connectivity index (χ3v) is 3.80. The molecule has 0 heterocycles. The lowest BCUT2D eigenvalue weighted by molar-refractivity contribution is 0.102. The van der Waals surface area contributed by atoms with Crippen LogP contribution in [0.1, 0.15) is 23.2 Å². The summed E-state index contributed by atoms with van der Waals surface area (Å²) in [5.41, 5.74) is 6.70. The van der Waals surface area contributed by atoms with Gasteiger partial charge in [0, 0.05) is 17.8 Å². The molecule has 1 fully saturated rings. The summed E-state index contributed by atoms with van der Waals surface area (Å²) in [6.07, 6.45) is 2.52. The molecule has 0 unspecified atom stereocenters. The summed E-state index contributed by atoms with van der Waals surface area (Å²) in [7, 11) is 0. The van der Waals surface area contributed by atoms with Crippen molar-refractivity contribution in [1.82, 2.24) is 0 Å². The Morgan fingerprint density at radius 2 is 1.62 bits per heavy atom. The summed E-state index contributed by atoms with van der Waals surface area (Å²) in [4.78, 5) is 12.3. The van der Waals surface area contributed by atoms with E-state index in [1.807, 2.05) is 12.1 Å². The number of rotatable bonds is 8. The van der Waals surface area contributed by atoms with Gasteiger partial charge in [0.2, 0.25) is 0 Å². The van der Waals surface area contributed by atoms with Gasteiger partial charge in [-0.15, -0.1) is 0 Å². The number of ether oxygens (including phenoxy) is 2. The van der Waals surface area contributed by atoms with Gasteiger partial charge >= 0.3 is 0 Å². The second-order valence-electron chi connectivity index (χ2n) is 5.89. The zero-order valence-electron chi connectivity index (χ0n) is 13.5. The van der Waals surface area contributed by atoms with Crippen LogP contribution in [0.25, 0.3) is 0 Å². The van der Waals surface area contributed by atoms with E-state index >= 15 is 0 Å². The third-order valence-electron chi connectivity index (χ3n) is 3.80. The van der Waals surface area contributed by atoms with Gasteiger partial charge in [0.25, 0.3) is 5.91 Å². The fraction of sp³-hybridized carbons (Fsp3) is 0.316. The summed E-state index contributed by atoms with van der Waals surface area (Å²) >= 11 is 0. The fourth-order valence-corrected chi connectivity index (χ4v) is 2.22. The summed E-state index contributed by atoms with van der Waals surface area (Å²) in [5, 5.41) is 2.86. The Morgan fingerprint density at radius 1 is 1.00 bits per heavy atom. The Labute approximate surface area is 141 Å². The third kappa shape index (κ3) is 4.73. The van der Waals surface area contributed by atoms with E-state index in [-0.39, 0.29) is 5.91 Å². The van der Waals surface area contributed by atoms with Crippen LogP contribution in [-0.2, 0) is 0 Å². The quantitative estimate of drug-likeness (QED) is 0.782. The number of benzene rings is 2. The minimum absolute atomic E-state index is 0.153. The lowest BCUT2D eigenvalue weighted by Gasteiger charge is -2.09. The summed E-state index contributed by atoms with van der Waals surface area (Å²) in [6.45, 7) is 1.71. The van der Waals surface area contributed by atoms with E-state index in [1.54, 1.807) is 36.4 Å². The Hall–Kier alpha value is -2.53. The van der Waals surface area contributed by atoms with E-state index in [1.165, 1.54) is 12.8 Å². The van der Waals surface area contributed by atoms with Crippen molar-refractivity contribution in [2.45, 2.75) is 12.8 Å². The van der Waals surface area contributed by atoms with Crippen molar-refractivity contribution in [1.29, 1.82) is 0 Å². The normalized spacial score (nSPS) is 13.4. The predicted molar refractivity (Wildman–Crippen MR) is 93.6 cm³/mol. The molecular weight excluding hydrogens is 304 g/mol. The van der Waals surface area contributed by atoms with Gasteiger partial charge in [-0.1, -0.05) is 0 Å². The molecule has 1 aliphatic rings. The minimum atomic E-state index is -0.153. The maximum Gasteiger partial charge on any atom is 0.255 e. The minimum Gasteiger partial charge on any atom is -0.493 e. The van der Waals surface area contributed by atoms with Gasteiger partial charge in [0.15, 0.2) is 0 Å². The van der Waals surface area contributed by atoms with Crippen LogP contribution in [0, 0.1) is 5.92 Å². The maximum absolute atomic E-state index is 12.3. The predicted octanol–water partition coefficient (Wildman–Crippen LogP) is 3.07. The topological polar surface area (TPSA) is 73.6 Å². The summed E-state index contributed by atoms with van der Waals surface area (Å²) < 4.78 is 11.1. The molecule has 0 aromatic heterocycles. The molecule has 0 bridgehead atoms. The fourth-order valence-electron chi connectivity index (χ4n) is 2.22. The van der Waals surface area contributed by atoms with Crippen molar-refractivity contribution in [2.24, 2.45) is 11.7 Å². The van der Waals surface area contributed by atoms with Crippen LogP contribution in [0.2, 0.25) is 0 Å². The van der Waals surface area contributed by atoms with Crippen molar-refractivity contribution in [3.05, 3.63) is 54.1 Å². The van der Waals surface area contributed by atoms with Crippen LogP contribution in [0.3, 0.4) is 0 Å². The highest BCUT2D eigenvalue weighted by Crippen LogP contribution is 2.29. The van der Waals surface area contributed by atoms with E-state index in [2.05, 4.69) is 5.32 Å².